The van der Waals surface area contributed by atoms with Gasteiger partial charge in [-0.1, -0.05) is 17.7 Å². The van der Waals surface area contributed by atoms with Crippen LogP contribution in [0.2, 0.25) is 0 Å². The summed E-state index contributed by atoms with van der Waals surface area (Å²) in [6.07, 6.45) is 2.03. The molecule has 2 aliphatic rings. The molecule has 1 saturated carbocycles. The molecule has 4 nitrogen and oxygen atoms in total. The van der Waals surface area contributed by atoms with E-state index in [1.54, 1.807) is 11.0 Å². The van der Waals surface area contributed by atoms with E-state index in [2.05, 4.69) is 5.32 Å². The lowest BCUT2D eigenvalue weighted by atomic mass is 9.92. The number of nitrogens with zero attached hydrogens (tertiary/aromatic N) is 1. The van der Waals surface area contributed by atoms with Gasteiger partial charge in [0.15, 0.2) is 5.67 Å². The van der Waals surface area contributed by atoms with Crippen LogP contribution < -0.4 is 5.32 Å². The van der Waals surface area contributed by atoms with E-state index in [-0.39, 0.29) is 37.9 Å². The van der Waals surface area contributed by atoms with Crippen LogP contribution in [0.25, 0.3) is 0 Å². The van der Waals surface area contributed by atoms with E-state index < -0.39 is 11.6 Å². The lowest BCUT2D eigenvalue weighted by Crippen LogP contribution is -2.52. The standard InChI is InChI=1S/C17H21FN2O2/c1-12-3-2-4-13(11-12)15(21)20-9-7-17(18,8-10-20)16(22)19-14-5-6-14/h2-4,11,14H,5-10H2,1H3,(H,19,22). The van der Waals surface area contributed by atoms with Crippen LogP contribution in [0.15, 0.2) is 24.3 Å². The molecule has 5 heteroatoms. The molecule has 0 aromatic heterocycles. The molecule has 118 valence electrons. The topological polar surface area (TPSA) is 49.4 Å². The highest BCUT2D eigenvalue weighted by Gasteiger charge is 2.44. The minimum Gasteiger partial charge on any atom is -0.351 e. The highest BCUT2D eigenvalue weighted by atomic mass is 19.1. The third-order valence-corrected chi connectivity index (χ3v) is 4.43. The van der Waals surface area contributed by atoms with Gasteiger partial charge in [-0.25, -0.2) is 4.39 Å². The maximum Gasteiger partial charge on any atom is 0.258 e. The van der Waals surface area contributed by atoms with Crippen molar-refractivity contribution >= 4 is 11.8 Å². The quantitative estimate of drug-likeness (QED) is 0.931. The summed E-state index contributed by atoms with van der Waals surface area (Å²) >= 11 is 0. The molecule has 1 aromatic rings. The molecule has 1 N–H and O–H groups in total. The number of alkyl halides is 1. The molecular weight excluding hydrogens is 283 g/mol. The van der Waals surface area contributed by atoms with Crippen molar-refractivity contribution < 1.29 is 14.0 Å². The highest BCUT2D eigenvalue weighted by molar-refractivity contribution is 5.95. The van der Waals surface area contributed by atoms with E-state index in [1.165, 1.54) is 0 Å². The van der Waals surface area contributed by atoms with Gasteiger partial charge in [0.2, 0.25) is 0 Å². The predicted molar refractivity (Wildman–Crippen MR) is 81.3 cm³/mol. The molecule has 2 amide bonds. The van der Waals surface area contributed by atoms with Crippen molar-refractivity contribution in [2.45, 2.75) is 44.3 Å². The molecule has 1 heterocycles. The van der Waals surface area contributed by atoms with Crippen LogP contribution >= 0.6 is 0 Å². The molecule has 0 unspecified atom stereocenters. The third-order valence-electron chi connectivity index (χ3n) is 4.43. The maximum atomic E-state index is 14.7. The van der Waals surface area contributed by atoms with Crippen LogP contribution in [0, 0.1) is 6.92 Å². The van der Waals surface area contributed by atoms with Gasteiger partial charge in [-0.15, -0.1) is 0 Å². The van der Waals surface area contributed by atoms with E-state index >= 15 is 0 Å². The number of carbonyl (C=O) groups is 2. The maximum absolute atomic E-state index is 14.7. The van der Waals surface area contributed by atoms with Gasteiger partial charge in [-0.3, -0.25) is 9.59 Å². The number of likely N-dealkylation sites (tertiary alicyclic amines) is 1. The molecule has 3 rings (SSSR count). The van der Waals surface area contributed by atoms with Crippen molar-refractivity contribution in [1.82, 2.24) is 10.2 Å². The number of piperidine rings is 1. The zero-order valence-corrected chi connectivity index (χ0v) is 12.8. The van der Waals surface area contributed by atoms with E-state index in [0.717, 1.165) is 18.4 Å². The summed E-state index contributed by atoms with van der Waals surface area (Å²) < 4.78 is 14.7. The zero-order valence-electron chi connectivity index (χ0n) is 12.8. The number of aryl methyl sites for hydroxylation is 1. The van der Waals surface area contributed by atoms with Crippen molar-refractivity contribution in [3.05, 3.63) is 35.4 Å². The van der Waals surface area contributed by atoms with Crippen molar-refractivity contribution in [2.24, 2.45) is 0 Å². The Hall–Kier alpha value is -1.91. The summed E-state index contributed by atoms with van der Waals surface area (Å²) in [4.78, 5) is 26.0. The Labute approximate surface area is 129 Å². The van der Waals surface area contributed by atoms with Crippen LogP contribution in [0.3, 0.4) is 0 Å². The number of nitrogens with one attached hydrogen (secondary N) is 1. The molecule has 22 heavy (non-hydrogen) atoms. The molecule has 0 bridgehead atoms. The first-order chi connectivity index (χ1) is 10.5. The number of amides is 2. The van der Waals surface area contributed by atoms with Gasteiger partial charge < -0.3 is 10.2 Å². The van der Waals surface area contributed by atoms with Gasteiger partial charge in [0.05, 0.1) is 0 Å². The smallest absolute Gasteiger partial charge is 0.258 e. The number of hydrogen-bond donors (Lipinski definition) is 1. The molecule has 0 atom stereocenters. The molecule has 1 saturated heterocycles. The lowest BCUT2D eigenvalue weighted by Gasteiger charge is -2.35. The molecular formula is C17H21FN2O2. The molecule has 2 fully saturated rings. The summed E-state index contributed by atoms with van der Waals surface area (Å²) in [6.45, 7) is 2.49. The predicted octanol–water partition coefficient (Wildman–Crippen LogP) is 2.22. The van der Waals surface area contributed by atoms with Crippen molar-refractivity contribution in [3.63, 3.8) is 0 Å². The van der Waals surface area contributed by atoms with Gasteiger partial charge in [0, 0.05) is 37.5 Å². The number of hydrogen-bond acceptors (Lipinski definition) is 2. The van der Waals surface area contributed by atoms with Gasteiger partial charge >= 0.3 is 0 Å². The lowest BCUT2D eigenvalue weighted by molar-refractivity contribution is -0.135. The minimum absolute atomic E-state index is 0.0725. The second-order valence-corrected chi connectivity index (χ2v) is 6.37. The van der Waals surface area contributed by atoms with Crippen molar-refractivity contribution in [2.75, 3.05) is 13.1 Å². The van der Waals surface area contributed by atoms with Crippen molar-refractivity contribution in [3.8, 4) is 0 Å². The average Bonchev–Trinajstić information content (AvgIpc) is 3.31. The fourth-order valence-electron chi connectivity index (χ4n) is 2.79. The number of rotatable bonds is 3. The van der Waals surface area contributed by atoms with E-state index in [9.17, 15) is 14.0 Å². The Morgan fingerprint density at radius 2 is 1.95 bits per heavy atom. The Bertz CT molecular complexity index is 590. The third kappa shape index (κ3) is 3.13. The SMILES string of the molecule is Cc1cccc(C(=O)N2CCC(F)(C(=O)NC3CC3)CC2)c1. The van der Waals surface area contributed by atoms with Crippen LogP contribution in [-0.2, 0) is 4.79 Å². The first-order valence-corrected chi connectivity index (χ1v) is 7.84. The molecule has 1 aliphatic carbocycles. The largest absolute Gasteiger partial charge is 0.351 e. The summed E-state index contributed by atoms with van der Waals surface area (Å²) in [6, 6.07) is 7.54. The molecule has 0 radical (unpaired) electrons. The van der Waals surface area contributed by atoms with Crippen LogP contribution in [0.4, 0.5) is 4.39 Å². The molecule has 1 aliphatic heterocycles. The first-order valence-electron chi connectivity index (χ1n) is 7.84. The minimum atomic E-state index is -1.83. The summed E-state index contributed by atoms with van der Waals surface area (Å²) in [5, 5.41) is 2.73. The summed E-state index contributed by atoms with van der Waals surface area (Å²) in [5.41, 5.74) is -0.188. The second kappa shape index (κ2) is 5.71. The van der Waals surface area contributed by atoms with Gasteiger partial charge in [0.25, 0.3) is 11.8 Å². The first kappa shape index (κ1) is 15.0. The summed E-state index contributed by atoms with van der Waals surface area (Å²) in [7, 11) is 0. The van der Waals surface area contributed by atoms with Crippen LogP contribution in [0.1, 0.15) is 41.6 Å². The number of halogens is 1. The van der Waals surface area contributed by atoms with E-state index in [0.29, 0.717) is 5.56 Å². The normalized spacial score (nSPS) is 20.5. The Balaban J connectivity index is 1.61. The fraction of sp³-hybridized carbons (Fsp3) is 0.529. The fourth-order valence-corrected chi connectivity index (χ4v) is 2.79. The van der Waals surface area contributed by atoms with E-state index in [1.807, 2.05) is 25.1 Å². The molecule has 1 aromatic carbocycles. The Morgan fingerprint density at radius 1 is 1.27 bits per heavy atom. The van der Waals surface area contributed by atoms with Gasteiger partial charge in [-0.05, 0) is 31.9 Å². The zero-order chi connectivity index (χ0) is 15.7. The van der Waals surface area contributed by atoms with E-state index in [4.69, 9.17) is 0 Å². The van der Waals surface area contributed by atoms with Gasteiger partial charge in [0.1, 0.15) is 0 Å². The summed E-state index contributed by atoms with van der Waals surface area (Å²) in [5.74, 6) is -0.592. The van der Waals surface area contributed by atoms with Crippen LogP contribution in [-0.4, -0.2) is 41.5 Å². The number of benzene rings is 1. The Morgan fingerprint density at radius 3 is 2.55 bits per heavy atom. The van der Waals surface area contributed by atoms with Crippen LogP contribution in [0.5, 0.6) is 0 Å². The second-order valence-electron chi connectivity index (χ2n) is 6.37. The Kier molecular flexibility index (Phi) is 3.89. The monoisotopic (exact) mass is 304 g/mol. The number of carbonyl (C=O) groups excluding carboxylic acids is 2. The molecule has 0 spiro atoms. The average molecular weight is 304 g/mol. The van der Waals surface area contributed by atoms with Crippen molar-refractivity contribution in [1.29, 1.82) is 0 Å². The highest BCUT2D eigenvalue weighted by Crippen LogP contribution is 2.29. The van der Waals surface area contributed by atoms with Gasteiger partial charge in [-0.2, -0.15) is 0 Å².